The Bertz CT molecular complexity index is 2660. The third-order valence-electron chi connectivity index (χ3n) is 12.2. The zero-order valence-corrected chi connectivity index (χ0v) is 30.4. The monoisotopic (exact) mass is 690 g/mol. The van der Waals surface area contributed by atoms with Crippen molar-refractivity contribution in [2.24, 2.45) is 0 Å². The lowest BCUT2D eigenvalue weighted by molar-refractivity contribution is 0.658. The van der Waals surface area contributed by atoms with Gasteiger partial charge in [-0.1, -0.05) is 141 Å². The molecule has 8 aromatic rings. The summed E-state index contributed by atoms with van der Waals surface area (Å²) in [6, 6.07) is 72.0. The number of rotatable bonds is 4. The van der Waals surface area contributed by atoms with E-state index in [1.54, 1.807) is 0 Å². The van der Waals surface area contributed by atoms with Crippen molar-refractivity contribution in [2.75, 3.05) is 9.80 Å². The summed E-state index contributed by atoms with van der Waals surface area (Å²) in [4.78, 5) is 4.92. The van der Waals surface area contributed by atoms with Crippen molar-refractivity contribution in [2.45, 2.75) is 24.7 Å². The van der Waals surface area contributed by atoms with Gasteiger partial charge in [0.2, 0.25) is 0 Å². The molecular weight excluding hydrogens is 653 g/mol. The van der Waals surface area contributed by atoms with Gasteiger partial charge >= 0.3 is 0 Å². The minimum atomic E-state index is -0.575. The zero-order valence-electron chi connectivity index (χ0n) is 30.4. The molecule has 1 heterocycles. The Labute approximate surface area is 317 Å². The Morgan fingerprint density at radius 1 is 0.352 bits per heavy atom. The van der Waals surface area contributed by atoms with Crippen molar-refractivity contribution in [3.63, 3.8) is 0 Å². The van der Waals surface area contributed by atoms with E-state index >= 15 is 0 Å². The van der Waals surface area contributed by atoms with Crippen molar-refractivity contribution in [3.05, 3.63) is 228 Å². The summed E-state index contributed by atoms with van der Waals surface area (Å²) in [7, 11) is 0. The van der Waals surface area contributed by atoms with Gasteiger partial charge in [0.05, 0.1) is 16.8 Å². The first-order valence-electron chi connectivity index (χ1n) is 18.9. The summed E-state index contributed by atoms with van der Waals surface area (Å²) in [5, 5.41) is 0. The molecular formula is C52H38N2. The van der Waals surface area contributed by atoms with Gasteiger partial charge in [-0.25, -0.2) is 0 Å². The molecule has 54 heavy (non-hydrogen) atoms. The molecule has 2 heteroatoms. The maximum absolute atomic E-state index is 2.56. The molecule has 0 amide bonds. The van der Waals surface area contributed by atoms with Crippen molar-refractivity contribution in [1.82, 2.24) is 0 Å². The minimum Gasteiger partial charge on any atom is -0.310 e. The van der Waals surface area contributed by atoms with Gasteiger partial charge in [-0.2, -0.15) is 0 Å². The standard InChI is InChI=1S/C52H38N2/c1-51(2)43-27-15-12-26-41(43)42-33-48-50(34-46(42)51)54(37-22-10-5-11-23-37)49-31-30-38(53(35-18-6-3-7-19-35)36-20-8-4-9-21-36)32-47(49)52(48)44-28-16-13-24-39(44)40-25-14-17-29-45(40)52/h3-34H,1-2H3. The molecule has 256 valence electrons. The van der Waals surface area contributed by atoms with E-state index in [1.807, 2.05) is 0 Å². The van der Waals surface area contributed by atoms with E-state index in [1.165, 1.54) is 67.0 Å². The van der Waals surface area contributed by atoms with E-state index in [4.69, 9.17) is 0 Å². The van der Waals surface area contributed by atoms with Gasteiger partial charge < -0.3 is 9.80 Å². The zero-order chi connectivity index (χ0) is 36.0. The number of nitrogens with zero attached hydrogens (tertiary/aromatic N) is 2. The van der Waals surface area contributed by atoms with Crippen LogP contribution in [0, 0.1) is 0 Å². The molecule has 0 N–H and O–H groups in total. The van der Waals surface area contributed by atoms with Gasteiger partial charge in [0.25, 0.3) is 0 Å². The van der Waals surface area contributed by atoms with E-state index in [2.05, 4.69) is 218 Å². The largest absolute Gasteiger partial charge is 0.310 e. The van der Waals surface area contributed by atoms with Crippen LogP contribution in [0.3, 0.4) is 0 Å². The number of benzene rings is 8. The number of anilines is 6. The Hall–Kier alpha value is -6.64. The molecule has 1 spiro atoms. The van der Waals surface area contributed by atoms with Gasteiger partial charge in [0.1, 0.15) is 0 Å². The Morgan fingerprint density at radius 2 is 0.833 bits per heavy atom. The Morgan fingerprint density at radius 3 is 1.43 bits per heavy atom. The summed E-state index contributed by atoms with van der Waals surface area (Å²) in [6.45, 7) is 4.77. The van der Waals surface area contributed by atoms with Crippen LogP contribution in [-0.2, 0) is 10.8 Å². The molecule has 0 saturated heterocycles. The summed E-state index contributed by atoms with van der Waals surface area (Å²) in [5.74, 6) is 0. The van der Waals surface area contributed by atoms with Gasteiger partial charge in [-0.3, -0.25) is 0 Å². The van der Waals surface area contributed by atoms with Crippen LogP contribution in [0.25, 0.3) is 22.3 Å². The first-order valence-corrected chi connectivity index (χ1v) is 18.9. The molecule has 11 rings (SSSR count). The van der Waals surface area contributed by atoms with Crippen LogP contribution in [0.2, 0.25) is 0 Å². The molecule has 0 atom stereocenters. The van der Waals surface area contributed by atoms with Crippen LogP contribution in [0.15, 0.2) is 194 Å². The van der Waals surface area contributed by atoms with Crippen molar-refractivity contribution < 1.29 is 0 Å². The van der Waals surface area contributed by atoms with Crippen LogP contribution in [0.5, 0.6) is 0 Å². The SMILES string of the molecule is CC1(C)c2ccccc2-c2cc3c(cc21)N(c1ccccc1)c1ccc(N(c2ccccc2)c2ccccc2)cc1C31c2ccccc2-c2ccccc21. The summed E-state index contributed by atoms with van der Waals surface area (Å²) >= 11 is 0. The molecule has 0 aromatic heterocycles. The fourth-order valence-corrected chi connectivity index (χ4v) is 9.93. The van der Waals surface area contributed by atoms with Crippen LogP contribution in [0.4, 0.5) is 34.1 Å². The van der Waals surface area contributed by atoms with E-state index in [9.17, 15) is 0 Å². The lowest BCUT2D eigenvalue weighted by atomic mass is 9.63. The molecule has 8 aromatic carbocycles. The van der Waals surface area contributed by atoms with Crippen LogP contribution in [0.1, 0.15) is 47.2 Å². The molecule has 2 nitrogen and oxygen atoms in total. The van der Waals surface area contributed by atoms with Gasteiger partial charge in [-0.05, 0) is 122 Å². The lowest BCUT2D eigenvalue weighted by Crippen LogP contribution is -2.36. The van der Waals surface area contributed by atoms with Gasteiger partial charge in [0, 0.05) is 28.2 Å². The molecule has 1 aliphatic heterocycles. The van der Waals surface area contributed by atoms with Crippen LogP contribution >= 0.6 is 0 Å². The number of hydrogen-bond donors (Lipinski definition) is 0. The minimum absolute atomic E-state index is 0.141. The number of fused-ring (bicyclic) bond motifs is 12. The van der Waals surface area contributed by atoms with E-state index < -0.39 is 5.41 Å². The smallest absolute Gasteiger partial charge is 0.0755 e. The molecule has 0 bridgehead atoms. The van der Waals surface area contributed by atoms with Gasteiger partial charge in [0.15, 0.2) is 0 Å². The fourth-order valence-electron chi connectivity index (χ4n) is 9.93. The second kappa shape index (κ2) is 11.4. The quantitative estimate of drug-likeness (QED) is 0.181. The van der Waals surface area contributed by atoms with E-state index in [-0.39, 0.29) is 5.41 Å². The Kier molecular flexibility index (Phi) is 6.55. The van der Waals surface area contributed by atoms with Crippen molar-refractivity contribution in [3.8, 4) is 22.3 Å². The third-order valence-corrected chi connectivity index (χ3v) is 12.2. The predicted octanol–water partition coefficient (Wildman–Crippen LogP) is 13.6. The van der Waals surface area contributed by atoms with Crippen molar-refractivity contribution in [1.29, 1.82) is 0 Å². The molecule has 0 unspecified atom stereocenters. The molecule has 0 radical (unpaired) electrons. The van der Waals surface area contributed by atoms with Crippen molar-refractivity contribution >= 4 is 34.1 Å². The number of para-hydroxylation sites is 3. The highest BCUT2D eigenvalue weighted by Crippen LogP contribution is 2.65. The molecule has 2 aliphatic carbocycles. The predicted molar refractivity (Wildman–Crippen MR) is 224 cm³/mol. The topological polar surface area (TPSA) is 6.48 Å². The third kappa shape index (κ3) is 4.11. The lowest BCUT2D eigenvalue weighted by Gasteiger charge is -2.46. The van der Waals surface area contributed by atoms with Crippen LogP contribution < -0.4 is 9.80 Å². The molecule has 0 saturated carbocycles. The second-order valence-electron chi connectivity index (χ2n) is 15.3. The maximum Gasteiger partial charge on any atom is 0.0755 e. The van der Waals surface area contributed by atoms with Crippen LogP contribution in [-0.4, -0.2) is 0 Å². The second-order valence-corrected chi connectivity index (χ2v) is 15.3. The molecule has 0 fully saturated rings. The Balaban J connectivity index is 1.30. The highest BCUT2D eigenvalue weighted by molar-refractivity contribution is 5.99. The fraction of sp³-hybridized carbons (Fsp3) is 0.0769. The molecule has 3 aliphatic rings. The number of hydrogen-bond acceptors (Lipinski definition) is 2. The maximum atomic E-state index is 2.56. The average molecular weight is 691 g/mol. The highest BCUT2D eigenvalue weighted by Gasteiger charge is 2.53. The average Bonchev–Trinajstić information content (AvgIpc) is 3.64. The highest BCUT2D eigenvalue weighted by atomic mass is 15.2. The van der Waals surface area contributed by atoms with E-state index in [0.717, 1.165) is 22.7 Å². The summed E-state index contributed by atoms with van der Waals surface area (Å²) in [5.41, 5.74) is 19.5. The van der Waals surface area contributed by atoms with E-state index in [0.29, 0.717) is 0 Å². The van der Waals surface area contributed by atoms with Gasteiger partial charge in [-0.15, -0.1) is 0 Å². The summed E-state index contributed by atoms with van der Waals surface area (Å²) in [6.07, 6.45) is 0. The first-order chi connectivity index (χ1) is 26.6. The summed E-state index contributed by atoms with van der Waals surface area (Å²) < 4.78 is 0. The normalized spacial score (nSPS) is 14.7. The first kappa shape index (κ1) is 30.9.